The van der Waals surface area contributed by atoms with Gasteiger partial charge in [0.25, 0.3) is 0 Å². The Morgan fingerprint density at radius 2 is 2.19 bits per heavy atom. The molecular formula is C12H17F2NO. The third-order valence-corrected chi connectivity index (χ3v) is 2.41. The van der Waals surface area contributed by atoms with Gasteiger partial charge in [-0.25, -0.2) is 4.39 Å². The molecule has 0 aliphatic carbocycles. The number of rotatable bonds is 6. The van der Waals surface area contributed by atoms with Gasteiger partial charge in [-0.3, -0.25) is 4.39 Å². The number of hydrogen-bond donors (Lipinski definition) is 1. The fraction of sp³-hybridized carbons (Fsp3) is 0.500. The standard InChI is InChI=1S/C12H17F2NO/c1-9(15-2)11-5-4-10(14)8-12(11)16-7-3-6-13/h4-5,8-9,15H,3,6-7H2,1-2H3. The quantitative estimate of drug-likeness (QED) is 0.757. The number of benzene rings is 1. The Morgan fingerprint density at radius 1 is 1.44 bits per heavy atom. The minimum Gasteiger partial charge on any atom is -0.493 e. The molecule has 1 atom stereocenters. The van der Waals surface area contributed by atoms with Crippen LogP contribution in [-0.2, 0) is 0 Å². The molecule has 0 amide bonds. The average molecular weight is 229 g/mol. The molecule has 0 aliphatic heterocycles. The van der Waals surface area contributed by atoms with E-state index in [1.54, 1.807) is 6.07 Å². The summed E-state index contributed by atoms with van der Waals surface area (Å²) in [5, 5.41) is 3.05. The SMILES string of the molecule is CNC(C)c1ccc(F)cc1OCCCF. The molecule has 0 bridgehead atoms. The maximum absolute atomic E-state index is 13.0. The van der Waals surface area contributed by atoms with E-state index in [0.29, 0.717) is 12.2 Å². The highest BCUT2D eigenvalue weighted by Gasteiger charge is 2.10. The van der Waals surface area contributed by atoms with Crippen LogP contribution in [0.1, 0.15) is 24.9 Å². The molecule has 1 unspecified atom stereocenters. The van der Waals surface area contributed by atoms with Crippen molar-refractivity contribution in [2.75, 3.05) is 20.3 Å². The van der Waals surface area contributed by atoms with Crippen LogP contribution in [0.2, 0.25) is 0 Å². The summed E-state index contributed by atoms with van der Waals surface area (Å²) in [6.07, 6.45) is 0.323. The first kappa shape index (κ1) is 12.9. The molecule has 4 heteroatoms. The van der Waals surface area contributed by atoms with E-state index in [-0.39, 0.29) is 18.5 Å². The summed E-state index contributed by atoms with van der Waals surface area (Å²) in [6.45, 7) is 1.80. The second-order valence-corrected chi connectivity index (χ2v) is 3.58. The number of ether oxygens (including phenoxy) is 1. The number of hydrogen-bond acceptors (Lipinski definition) is 2. The summed E-state index contributed by atoms with van der Waals surface area (Å²) < 4.78 is 30.3. The molecule has 0 saturated heterocycles. The molecule has 1 rings (SSSR count). The zero-order valence-corrected chi connectivity index (χ0v) is 9.59. The summed E-state index contributed by atoms with van der Waals surface area (Å²) in [6, 6.07) is 4.48. The van der Waals surface area contributed by atoms with Gasteiger partial charge in [-0.05, 0) is 20.0 Å². The molecule has 0 spiro atoms. The van der Waals surface area contributed by atoms with E-state index in [1.807, 2.05) is 14.0 Å². The molecule has 16 heavy (non-hydrogen) atoms. The lowest BCUT2D eigenvalue weighted by molar-refractivity contribution is 0.284. The zero-order valence-electron chi connectivity index (χ0n) is 9.59. The van der Waals surface area contributed by atoms with Gasteiger partial charge >= 0.3 is 0 Å². The van der Waals surface area contributed by atoms with Crippen LogP contribution < -0.4 is 10.1 Å². The average Bonchev–Trinajstić information content (AvgIpc) is 2.29. The molecule has 1 aromatic rings. The lowest BCUT2D eigenvalue weighted by Crippen LogP contribution is -2.14. The van der Waals surface area contributed by atoms with Gasteiger partial charge in [0, 0.05) is 24.1 Å². The first-order valence-electron chi connectivity index (χ1n) is 5.34. The summed E-state index contributed by atoms with van der Waals surface area (Å²) in [5.74, 6) is 0.137. The van der Waals surface area contributed by atoms with Gasteiger partial charge in [-0.1, -0.05) is 6.07 Å². The summed E-state index contributed by atoms with van der Waals surface area (Å²) in [4.78, 5) is 0. The molecule has 0 aromatic heterocycles. The second kappa shape index (κ2) is 6.43. The van der Waals surface area contributed by atoms with Gasteiger partial charge in [-0.15, -0.1) is 0 Å². The van der Waals surface area contributed by atoms with Crippen molar-refractivity contribution in [3.8, 4) is 5.75 Å². The van der Waals surface area contributed by atoms with Crippen molar-refractivity contribution in [1.82, 2.24) is 5.32 Å². The van der Waals surface area contributed by atoms with Crippen LogP contribution >= 0.6 is 0 Å². The van der Waals surface area contributed by atoms with Crippen LogP contribution in [0, 0.1) is 5.82 Å². The fourth-order valence-corrected chi connectivity index (χ4v) is 1.38. The third kappa shape index (κ3) is 3.45. The molecule has 0 fully saturated rings. The molecule has 1 N–H and O–H groups in total. The van der Waals surface area contributed by atoms with E-state index in [4.69, 9.17) is 4.74 Å². The van der Waals surface area contributed by atoms with E-state index in [1.165, 1.54) is 12.1 Å². The summed E-state index contributed by atoms with van der Waals surface area (Å²) in [5.41, 5.74) is 0.878. The Bertz CT molecular complexity index is 331. The van der Waals surface area contributed by atoms with Gasteiger partial charge in [0.2, 0.25) is 0 Å². The molecule has 90 valence electrons. The van der Waals surface area contributed by atoms with Crippen molar-refractivity contribution in [3.05, 3.63) is 29.6 Å². The van der Waals surface area contributed by atoms with Crippen molar-refractivity contribution in [1.29, 1.82) is 0 Å². The lowest BCUT2D eigenvalue weighted by atomic mass is 10.1. The van der Waals surface area contributed by atoms with Crippen molar-refractivity contribution in [2.45, 2.75) is 19.4 Å². The zero-order chi connectivity index (χ0) is 12.0. The normalized spacial score (nSPS) is 12.5. The highest BCUT2D eigenvalue weighted by molar-refractivity contribution is 5.36. The molecule has 1 aromatic carbocycles. The number of alkyl halides is 1. The van der Waals surface area contributed by atoms with E-state index < -0.39 is 6.67 Å². The van der Waals surface area contributed by atoms with Crippen LogP contribution in [0.25, 0.3) is 0 Å². The smallest absolute Gasteiger partial charge is 0.126 e. The fourth-order valence-electron chi connectivity index (χ4n) is 1.38. The number of nitrogens with one attached hydrogen (secondary N) is 1. The van der Waals surface area contributed by atoms with Gasteiger partial charge < -0.3 is 10.1 Å². The van der Waals surface area contributed by atoms with E-state index in [0.717, 1.165) is 5.56 Å². The Kier molecular flexibility index (Phi) is 5.19. The van der Waals surface area contributed by atoms with Crippen molar-refractivity contribution in [3.63, 3.8) is 0 Å². The van der Waals surface area contributed by atoms with Gasteiger partial charge in [0.15, 0.2) is 0 Å². The van der Waals surface area contributed by atoms with E-state index >= 15 is 0 Å². The molecule has 2 nitrogen and oxygen atoms in total. The highest BCUT2D eigenvalue weighted by atomic mass is 19.1. The van der Waals surface area contributed by atoms with Crippen molar-refractivity contribution < 1.29 is 13.5 Å². The van der Waals surface area contributed by atoms with Crippen molar-refractivity contribution >= 4 is 0 Å². The third-order valence-electron chi connectivity index (χ3n) is 2.41. The molecule has 0 radical (unpaired) electrons. The molecule has 0 heterocycles. The monoisotopic (exact) mass is 229 g/mol. The predicted molar refractivity (Wildman–Crippen MR) is 60.0 cm³/mol. The van der Waals surface area contributed by atoms with E-state index in [9.17, 15) is 8.78 Å². The van der Waals surface area contributed by atoms with E-state index in [2.05, 4.69) is 5.32 Å². The van der Waals surface area contributed by atoms with Crippen molar-refractivity contribution in [2.24, 2.45) is 0 Å². The molecular weight excluding hydrogens is 212 g/mol. The topological polar surface area (TPSA) is 21.3 Å². The summed E-state index contributed by atoms with van der Waals surface area (Å²) in [7, 11) is 1.82. The Morgan fingerprint density at radius 3 is 2.81 bits per heavy atom. The Labute approximate surface area is 94.6 Å². The first-order valence-corrected chi connectivity index (χ1v) is 5.34. The minimum atomic E-state index is -0.424. The van der Waals surface area contributed by atoms with Crippen LogP contribution in [0.5, 0.6) is 5.75 Å². The van der Waals surface area contributed by atoms with Gasteiger partial charge in [0.05, 0.1) is 13.3 Å². The first-order chi connectivity index (χ1) is 7.69. The summed E-state index contributed by atoms with van der Waals surface area (Å²) >= 11 is 0. The molecule has 0 aliphatic rings. The van der Waals surface area contributed by atoms with Crippen LogP contribution in [0.4, 0.5) is 8.78 Å². The maximum Gasteiger partial charge on any atom is 0.126 e. The predicted octanol–water partition coefficient (Wildman–Crippen LogP) is 2.84. The van der Waals surface area contributed by atoms with Crippen LogP contribution in [0.15, 0.2) is 18.2 Å². The van der Waals surface area contributed by atoms with Crippen LogP contribution in [-0.4, -0.2) is 20.3 Å². The van der Waals surface area contributed by atoms with Crippen LogP contribution in [0.3, 0.4) is 0 Å². The highest BCUT2D eigenvalue weighted by Crippen LogP contribution is 2.26. The maximum atomic E-state index is 13.0. The molecule has 0 saturated carbocycles. The largest absolute Gasteiger partial charge is 0.493 e. The van der Waals surface area contributed by atoms with Gasteiger partial charge in [-0.2, -0.15) is 0 Å². The lowest BCUT2D eigenvalue weighted by Gasteiger charge is -2.16. The Balaban J connectivity index is 2.81. The van der Waals surface area contributed by atoms with Gasteiger partial charge in [0.1, 0.15) is 11.6 Å². The Hall–Kier alpha value is -1.16. The minimum absolute atomic E-state index is 0.0703. The second-order valence-electron chi connectivity index (χ2n) is 3.58. The number of halogens is 2.